The molecule has 146 valence electrons. The Labute approximate surface area is 163 Å². The minimum atomic E-state index is 0.373. The summed E-state index contributed by atoms with van der Waals surface area (Å²) in [4.78, 5) is 20.7. The van der Waals surface area contributed by atoms with Crippen LogP contribution >= 0.6 is 0 Å². The normalized spacial score (nSPS) is 20.1. The van der Waals surface area contributed by atoms with E-state index in [1.54, 1.807) is 0 Å². The molecule has 2 saturated heterocycles. The van der Waals surface area contributed by atoms with Crippen LogP contribution in [0.1, 0.15) is 6.42 Å². The van der Waals surface area contributed by atoms with Crippen molar-refractivity contribution in [1.29, 1.82) is 0 Å². The first-order valence-corrected chi connectivity index (χ1v) is 9.71. The van der Waals surface area contributed by atoms with Gasteiger partial charge in [-0.05, 0) is 18.6 Å². The van der Waals surface area contributed by atoms with Gasteiger partial charge in [-0.25, -0.2) is 14.5 Å². The quantitative estimate of drug-likeness (QED) is 0.665. The third kappa shape index (κ3) is 3.11. The Bertz CT molecular complexity index is 954. The first-order chi connectivity index (χ1) is 13.8. The third-order valence-corrected chi connectivity index (χ3v) is 5.60. The molecule has 2 aliphatic heterocycles. The molecular weight excluding hydrogens is 356 g/mol. The second kappa shape index (κ2) is 7.23. The number of anilines is 3. The molecule has 28 heavy (non-hydrogen) atoms. The van der Waals surface area contributed by atoms with Crippen molar-refractivity contribution in [1.82, 2.24) is 24.6 Å². The molecule has 0 amide bonds. The lowest BCUT2D eigenvalue weighted by Gasteiger charge is -2.29. The van der Waals surface area contributed by atoms with Gasteiger partial charge in [0.2, 0.25) is 5.95 Å². The van der Waals surface area contributed by atoms with Crippen molar-refractivity contribution in [3.8, 4) is 0 Å². The predicted molar refractivity (Wildman–Crippen MR) is 107 cm³/mol. The lowest BCUT2D eigenvalue weighted by molar-refractivity contribution is 0.122. The number of hydrogen-bond donors (Lipinski definition) is 0. The van der Waals surface area contributed by atoms with Gasteiger partial charge in [0.1, 0.15) is 11.3 Å². The van der Waals surface area contributed by atoms with Crippen LogP contribution < -0.4 is 14.7 Å². The molecule has 1 atom stereocenters. The van der Waals surface area contributed by atoms with Crippen LogP contribution in [0.25, 0.3) is 5.52 Å². The Morgan fingerprint density at radius 2 is 1.93 bits per heavy atom. The Morgan fingerprint density at radius 1 is 1.04 bits per heavy atom. The van der Waals surface area contributed by atoms with Crippen molar-refractivity contribution in [2.24, 2.45) is 0 Å². The number of ether oxygens (including phenoxy) is 1. The molecule has 2 fully saturated rings. The first kappa shape index (κ1) is 17.2. The van der Waals surface area contributed by atoms with Crippen molar-refractivity contribution in [2.45, 2.75) is 12.5 Å². The summed E-state index contributed by atoms with van der Waals surface area (Å²) in [5.74, 6) is 2.74. The van der Waals surface area contributed by atoms with Crippen molar-refractivity contribution in [3.05, 3.63) is 36.9 Å². The fourth-order valence-electron chi connectivity index (χ4n) is 3.98. The fourth-order valence-corrected chi connectivity index (χ4v) is 3.98. The highest BCUT2D eigenvalue weighted by atomic mass is 16.5. The number of nitrogens with zero attached hydrogens (tertiary/aromatic N) is 8. The van der Waals surface area contributed by atoms with E-state index in [1.807, 2.05) is 41.4 Å². The van der Waals surface area contributed by atoms with E-state index < -0.39 is 0 Å². The van der Waals surface area contributed by atoms with Crippen molar-refractivity contribution >= 4 is 23.1 Å². The predicted octanol–water partition coefficient (Wildman–Crippen LogP) is 1.07. The topological polar surface area (TPSA) is 74.9 Å². The fraction of sp³-hybridized carbons (Fsp3) is 0.474. The van der Waals surface area contributed by atoms with Gasteiger partial charge < -0.3 is 19.4 Å². The third-order valence-electron chi connectivity index (χ3n) is 5.60. The van der Waals surface area contributed by atoms with Crippen molar-refractivity contribution in [3.63, 3.8) is 0 Å². The van der Waals surface area contributed by atoms with E-state index in [0.717, 1.165) is 68.9 Å². The molecule has 1 unspecified atom stereocenters. The standard InChI is InChI=1S/C19H24N8O/c1-24(17-3-5-21-19(23-17)25-10-12-28-13-11-25)15-4-8-26(14-15)18-16-2-6-22-27(16)9-7-20-18/h2-3,5-7,9,15H,4,8,10-14H2,1H3. The molecular formula is C19H24N8O. The molecule has 3 aromatic heterocycles. The van der Waals surface area contributed by atoms with Gasteiger partial charge in [0.25, 0.3) is 0 Å². The number of rotatable bonds is 4. The smallest absolute Gasteiger partial charge is 0.227 e. The van der Waals surface area contributed by atoms with Crippen LogP contribution in [0.3, 0.4) is 0 Å². The van der Waals surface area contributed by atoms with Gasteiger partial charge in [0, 0.05) is 57.9 Å². The number of fused-ring (bicyclic) bond motifs is 1. The van der Waals surface area contributed by atoms with E-state index in [2.05, 4.69) is 36.8 Å². The molecule has 0 aliphatic carbocycles. The summed E-state index contributed by atoms with van der Waals surface area (Å²) in [5, 5.41) is 4.32. The number of likely N-dealkylation sites (N-methyl/N-ethyl adjacent to an activating group) is 1. The highest BCUT2D eigenvalue weighted by molar-refractivity contribution is 5.68. The summed E-state index contributed by atoms with van der Waals surface area (Å²) >= 11 is 0. The summed E-state index contributed by atoms with van der Waals surface area (Å²) in [6.45, 7) is 5.01. The molecule has 0 aromatic carbocycles. The zero-order valence-corrected chi connectivity index (χ0v) is 16.0. The van der Waals surface area contributed by atoms with Crippen molar-refractivity contribution in [2.75, 3.05) is 61.1 Å². The van der Waals surface area contributed by atoms with E-state index in [9.17, 15) is 0 Å². The molecule has 0 N–H and O–H groups in total. The van der Waals surface area contributed by atoms with Gasteiger partial charge in [-0.3, -0.25) is 0 Å². The highest BCUT2D eigenvalue weighted by Crippen LogP contribution is 2.26. The monoisotopic (exact) mass is 380 g/mol. The average Bonchev–Trinajstić information content (AvgIpc) is 3.43. The molecule has 2 aliphatic rings. The van der Waals surface area contributed by atoms with E-state index in [1.165, 1.54) is 0 Å². The van der Waals surface area contributed by atoms with Crippen LogP contribution in [0, 0.1) is 0 Å². The number of hydrogen-bond acceptors (Lipinski definition) is 8. The molecule has 0 saturated carbocycles. The van der Waals surface area contributed by atoms with Gasteiger partial charge >= 0.3 is 0 Å². The maximum absolute atomic E-state index is 5.43. The molecule has 5 rings (SSSR count). The molecule has 9 heteroatoms. The van der Waals surface area contributed by atoms with Crippen molar-refractivity contribution < 1.29 is 4.74 Å². The van der Waals surface area contributed by atoms with Crippen LogP contribution in [-0.2, 0) is 4.74 Å². The van der Waals surface area contributed by atoms with Crippen LogP contribution in [-0.4, -0.2) is 77.0 Å². The van der Waals surface area contributed by atoms with E-state index in [0.29, 0.717) is 6.04 Å². The lowest BCUT2D eigenvalue weighted by Crippen LogP contribution is -2.38. The SMILES string of the molecule is CN(c1ccnc(N2CCOCC2)n1)C1CCN(c2nccn3nccc23)C1. The Balaban J connectivity index is 1.32. The summed E-state index contributed by atoms with van der Waals surface area (Å²) in [7, 11) is 2.12. The molecule has 0 radical (unpaired) electrons. The summed E-state index contributed by atoms with van der Waals surface area (Å²) in [6, 6.07) is 4.37. The Morgan fingerprint density at radius 3 is 2.82 bits per heavy atom. The zero-order chi connectivity index (χ0) is 18.9. The molecule has 0 bridgehead atoms. The van der Waals surface area contributed by atoms with Crippen LogP contribution in [0.15, 0.2) is 36.9 Å². The van der Waals surface area contributed by atoms with Crippen LogP contribution in [0.5, 0.6) is 0 Å². The highest BCUT2D eigenvalue weighted by Gasteiger charge is 2.29. The first-order valence-electron chi connectivity index (χ1n) is 9.71. The van der Waals surface area contributed by atoms with Gasteiger partial charge in [-0.15, -0.1) is 0 Å². The minimum Gasteiger partial charge on any atom is -0.378 e. The van der Waals surface area contributed by atoms with Gasteiger partial charge in [0.05, 0.1) is 19.4 Å². The largest absolute Gasteiger partial charge is 0.378 e. The average molecular weight is 380 g/mol. The van der Waals surface area contributed by atoms with E-state index in [-0.39, 0.29) is 0 Å². The number of morpholine rings is 1. The summed E-state index contributed by atoms with van der Waals surface area (Å²) < 4.78 is 7.31. The zero-order valence-electron chi connectivity index (χ0n) is 16.0. The minimum absolute atomic E-state index is 0.373. The second-order valence-corrected chi connectivity index (χ2v) is 7.23. The maximum Gasteiger partial charge on any atom is 0.227 e. The van der Waals surface area contributed by atoms with Crippen LogP contribution in [0.2, 0.25) is 0 Å². The second-order valence-electron chi connectivity index (χ2n) is 7.23. The van der Waals surface area contributed by atoms with Gasteiger partial charge in [0.15, 0.2) is 5.82 Å². The Kier molecular flexibility index (Phi) is 4.44. The van der Waals surface area contributed by atoms with Gasteiger partial charge in [-0.2, -0.15) is 10.1 Å². The van der Waals surface area contributed by atoms with E-state index in [4.69, 9.17) is 9.72 Å². The molecule has 9 nitrogen and oxygen atoms in total. The van der Waals surface area contributed by atoms with Gasteiger partial charge in [-0.1, -0.05) is 0 Å². The molecule has 5 heterocycles. The molecule has 3 aromatic rings. The van der Waals surface area contributed by atoms with E-state index >= 15 is 0 Å². The van der Waals surface area contributed by atoms with Crippen LogP contribution in [0.4, 0.5) is 17.6 Å². The molecule has 0 spiro atoms. The number of aromatic nitrogens is 5. The summed E-state index contributed by atoms with van der Waals surface area (Å²) in [5.41, 5.74) is 1.04. The maximum atomic E-state index is 5.43. The Hall–Kier alpha value is -2.94. The lowest BCUT2D eigenvalue weighted by atomic mass is 10.2. The summed E-state index contributed by atoms with van der Waals surface area (Å²) in [6.07, 6.45) is 8.42.